The molecular weight excluding hydrogens is 187 g/mol. The fraction of sp³-hybridized carbons (Fsp3) is 0.333. The summed E-state index contributed by atoms with van der Waals surface area (Å²) in [6.07, 6.45) is 3.12. The highest BCUT2D eigenvalue weighted by atomic mass is 35.5. The van der Waals surface area contributed by atoms with E-state index in [-0.39, 0.29) is 0 Å². The Hall–Kier alpha value is -0.380. The third-order valence-corrected chi connectivity index (χ3v) is 1.83. The van der Waals surface area contributed by atoms with Gasteiger partial charge < -0.3 is 5.11 Å². The van der Waals surface area contributed by atoms with Crippen LogP contribution in [-0.2, 0) is 0 Å². The summed E-state index contributed by atoms with van der Waals surface area (Å²) < 4.78 is 6.71. The smallest absolute Gasteiger partial charge is 0.136 e. The molecule has 1 rings (SSSR count). The molecule has 0 aliphatic heterocycles. The summed E-state index contributed by atoms with van der Waals surface area (Å²) in [5.41, 5.74) is 0.839. The number of allylic oxidation sites excluding steroid dienone is 1. The average molecular weight is 193 g/mol. The maximum Gasteiger partial charge on any atom is 0.136 e. The number of rotatable bonds is 0. The second-order valence-electron chi connectivity index (χ2n) is 2.09. The molecule has 0 amide bonds. The van der Waals surface area contributed by atoms with Gasteiger partial charge in [0.15, 0.2) is 0 Å². The Kier molecular flexibility index (Phi) is 3.05. The van der Waals surface area contributed by atoms with Crippen molar-refractivity contribution in [3.8, 4) is 0 Å². The largest absolute Gasteiger partial charge is 0.381 e. The lowest BCUT2D eigenvalue weighted by molar-refractivity contribution is 0.304. The Bertz CT molecular complexity index is 232. The van der Waals surface area contributed by atoms with Gasteiger partial charge in [-0.15, -0.1) is 0 Å². The van der Waals surface area contributed by atoms with Crippen molar-refractivity contribution in [2.75, 3.05) is 0 Å². The van der Waals surface area contributed by atoms with Crippen molar-refractivity contribution in [2.24, 2.45) is 9.02 Å². The number of aliphatic hydroxyl groups is 1. The lowest BCUT2D eigenvalue weighted by Crippen LogP contribution is -2.30. The minimum atomic E-state index is -0.852. The van der Waals surface area contributed by atoms with E-state index in [4.69, 9.17) is 23.6 Å². The van der Waals surface area contributed by atoms with Crippen LogP contribution in [0.25, 0.3) is 0 Å². The quantitative estimate of drug-likeness (QED) is 0.622. The maximum atomic E-state index is 9.35. The molecule has 0 aromatic heterocycles. The first-order valence-corrected chi connectivity index (χ1v) is 3.68. The molecule has 1 unspecified atom stereocenters. The van der Waals surface area contributed by atoms with Crippen molar-refractivity contribution in [3.63, 3.8) is 0 Å². The summed E-state index contributed by atoms with van der Waals surface area (Å²) in [5.74, 6) is 0. The highest BCUT2D eigenvalue weighted by molar-refractivity contribution is 6.30. The molecule has 60 valence electrons. The van der Waals surface area contributed by atoms with Crippen LogP contribution in [-0.4, -0.2) is 22.6 Å². The molecule has 0 spiro atoms. The molecular formula is C6H6Cl2N2O. The normalized spacial score (nSPS) is 31.7. The molecule has 1 aliphatic rings. The number of hydrogen-bond donors (Lipinski definition) is 1. The van der Waals surface area contributed by atoms with Gasteiger partial charge in [0.05, 0.1) is 11.4 Å². The third kappa shape index (κ3) is 1.80. The summed E-state index contributed by atoms with van der Waals surface area (Å²) in [6.45, 7) is 0. The molecule has 1 atom stereocenters. The Morgan fingerprint density at radius 3 is 2.73 bits per heavy atom. The van der Waals surface area contributed by atoms with E-state index in [2.05, 4.69) is 9.02 Å². The predicted octanol–water partition coefficient (Wildman–Crippen LogP) is 1.50. The standard InChI is InChI=1S/C6H6Cl2N2O/c7-9-4-2-1-3-5(10-8)6(4)11/h1-2,6,11H,3H2/b9-4+,10-5-. The Labute approximate surface area is 74.3 Å². The zero-order chi connectivity index (χ0) is 8.27. The van der Waals surface area contributed by atoms with E-state index >= 15 is 0 Å². The molecule has 0 fully saturated rings. The highest BCUT2D eigenvalue weighted by Crippen LogP contribution is 2.09. The van der Waals surface area contributed by atoms with Crippen molar-refractivity contribution < 1.29 is 5.11 Å². The zero-order valence-corrected chi connectivity index (χ0v) is 7.05. The van der Waals surface area contributed by atoms with Gasteiger partial charge in [0, 0.05) is 30.0 Å². The Balaban J connectivity index is 2.90. The maximum absolute atomic E-state index is 9.35. The van der Waals surface area contributed by atoms with Crippen molar-refractivity contribution in [3.05, 3.63) is 12.2 Å². The first-order valence-electron chi connectivity index (χ1n) is 3.00. The van der Waals surface area contributed by atoms with E-state index < -0.39 is 6.10 Å². The molecule has 0 aromatic carbocycles. The zero-order valence-electron chi connectivity index (χ0n) is 5.54. The van der Waals surface area contributed by atoms with Gasteiger partial charge in [-0.25, -0.2) is 0 Å². The second kappa shape index (κ2) is 3.85. The van der Waals surface area contributed by atoms with Gasteiger partial charge in [-0.3, -0.25) is 0 Å². The van der Waals surface area contributed by atoms with Gasteiger partial charge in [0.2, 0.25) is 0 Å². The number of aliphatic hydroxyl groups excluding tert-OH is 1. The van der Waals surface area contributed by atoms with Crippen LogP contribution in [0.3, 0.4) is 0 Å². The molecule has 0 saturated carbocycles. The molecule has 11 heavy (non-hydrogen) atoms. The second-order valence-corrected chi connectivity index (χ2v) is 2.43. The first kappa shape index (κ1) is 8.71. The first-order chi connectivity index (χ1) is 5.29. The van der Waals surface area contributed by atoms with Crippen LogP contribution in [0.2, 0.25) is 0 Å². The fourth-order valence-corrected chi connectivity index (χ4v) is 1.14. The van der Waals surface area contributed by atoms with Crippen molar-refractivity contribution in [1.29, 1.82) is 0 Å². The van der Waals surface area contributed by atoms with E-state index in [1.54, 1.807) is 12.2 Å². The minimum Gasteiger partial charge on any atom is -0.381 e. The van der Waals surface area contributed by atoms with Gasteiger partial charge >= 0.3 is 0 Å². The molecule has 0 heterocycles. The Morgan fingerprint density at radius 1 is 1.45 bits per heavy atom. The van der Waals surface area contributed by atoms with Gasteiger partial charge in [-0.1, -0.05) is 6.08 Å². The highest BCUT2D eigenvalue weighted by Gasteiger charge is 2.19. The molecule has 3 nitrogen and oxygen atoms in total. The van der Waals surface area contributed by atoms with Crippen molar-refractivity contribution in [2.45, 2.75) is 12.5 Å². The minimum absolute atomic E-state index is 0.373. The third-order valence-electron chi connectivity index (χ3n) is 1.42. The van der Waals surface area contributed by atoms with E-state index in [1.165, 1.54) is 0 Å². The molecule has 0 aromatic rings. The van der Waals surface area contributed by atoms with Gasteiger partial charge in [0.25, 0.3) is 0 Å². The molecule has 0 saturated heterocycles. The topological polar surface area (TPSA) is 45.0 Å². The number of nitrogens with zero attached hydrogens (tertiary/aromatic N) is 2. The molecule has 1 aliphatic carbocycles. The summed E-state index contributed by atoms with van der Waals surface area (Å²) in [4.78, 5) is 0. The van der Waals surface area contributed by atoms with Gasteiger partial charge in [-0.2, -0.15) is 9.02 Å². The van der Waals surface area contributed by atoms with Crippen LogP contribution < -0.4 is 0 Å². The lowest BCUT2D eigenvalue weighted by Gasteiger charge is -2.14. The van der Waals surface area contributed by atoms with E-state index in [9.17, 15) is 5.11 Å². The molecule has 0 radical (unpaired) electrons. The summed E-state index contributed by atoms with van der Waals surface area (Å²) >= 11 is 10.4. The predicted molar refractivity (Wildman–Crippen MR) is 46.3 cm³/mol. The van der Waals surface area contributed by atoms with Crippen molar-refractivity contribution in [1.82, 2.24) is 0 Å². The van der Waals surface area contributed by atoms with Crippen LogP contribution in [0, 0.1) is 0 Å². The average Bonchev–Trinajstić information content (AvgIpc) is 2.05. The van der Waals surface area contributed by atoms with E-state index in [0.29, 0.717) is 17.8 Å². The monoisotopic (exact) mass is 192 g/mol. The molecule has 5 heteroatoms. The fourth-order valence-electron chi connectivity index (χ4n) is 0.829. The number of halogens is 2. The number of hydrogen-bond acceptors (Lipinski definition) is 3. The van der Waals surface area contributed by atoms with Gasteiger partial charge in [-0.05, 0) is 6.08 Å². The molecule has 0 bridgehead atoms. The summed E-state index contributed by atoms with van der Waals surface area (Å²) in [6, 6.07) is 0. The van der Waals surface area contributed by atoms with Crippen LogP contribution in [0.15, 0.2) is 21.2 Å². The van der Waals surface area contributed by atoms with Gasteiger partial charge in [0.1, 0.15) is 6.10 Å². The molecule has 1 N–H and O–H groups in total. The summed E-state index contributed by atoms with van der Waals surface area (Å²) in [7, 11) is 0. The van der Waals surface area contributed by atoms with Crippen LogP contribution >= 0.6 is 23.6 Å². The Morgan fingerprint density at radius 2 is 2.18 bits per heavy atom. The summed E-state index contributed by atoms with van der Waals surface area (Å²) in [5, 5.41) is 9.35. The lowest BCUT2D eigenvalue weighted by atomic mass is 10.0. The van der Waals surface area contributed by atoms with Crippen LogP contribution in [0.5, 0.6) is 0 Å². The van der Waals surface area contributed by atoms with E-state index in [1.807, 2.05) is 0 Å². The van der Waals surface area contributed by atoms with E-state index in [0.717, 1.165) is 0 Å². The van der Waals surface area contributed by atoms with Crippen LogP contribution in [0.4, 0.5) is 0 Å². The van der Waals surface area contributed by atoms with Crippen molar-refractivity contribution >= 4 is 35.0 Å². The van der Waals surface area contributed by atoms with Crippen LogP contribution in [0.1, 0.15) is 6.42 Å². The SMILES string of the molecule is OC1/C(=N\Cl)CC=C/C1=N\Cl.